The van der Waals surface area contributed by atoms with Gasteiger partial charge in [0.05, 0.1) is 11.6 Å². The number of likely N-dealkylation sites (tertiary alicyclic amines) is 1. The molecule has 3 aliphatic heterocycles. The lowest BCUT2D eigenvalue weighted by Gasteiger charge is -2.45. The zero-order valence-corrected chi connectivity index (χ0v) is 7.49. The van der Waals surface area contributed by atoms with Crippen LogP contribution in [0.4, 0.5) is 0 Å². The van der Waals surface area contributed by atoms with E-state index < -0.39 is 0 Å². The number of hydrogen-bond acceptors (Lipinski definition) is 3. The molecule has 4 fully saturated rings. The zero-order valence-electron chi connectivity index (χ0n) is 7.49. The quantitative estimate of drug-likeness (QED) is 0.543. The van der Waals surface area contributed by atoms with E-state index >= 15 is 0 Å². The van der Waals surface area contributed by atoms with Crippen molar-refractivity contribution in [3.8, 4) is 0 Å². The van der Waals surface area contributed by atoms with E-state index in [0.717, 1.165) is 25.3 Å². The van der Waals surface area contributed by atoms with Crippen LogP contribution in [0.1, 0.15) is 12.8 Å². The summed E-state index contributed by atoms with van der Waals surface area (Å²) in [5.74, 6) is 0.946. The summed E-state index contributed by atoms with van der Waals surface area (Å²) in [6.45, 7) is 2.07. The molecular weight excluding hydrogens is 168 g/mol. The Balaban J connectivity index is 1.69. The minimum Gasteiger partial charge on any atom is -0.389 e. The Hall–Kier alpha value is -0.610. The molecule has 0 radical (unpaired) electrons. The summed E-state index contributed by atoms with van der Waals surface area (Å²) in [4.78, 5) is 13.6. The van der Waals surface area contributed by atoms with E-state index in [9.17, 15) is 4.79 Å². The highest BCUT2D eigenvalue weighted by molar-refractivity contribution is 5.89. The molecule has 0 unspecified atom stereocenters. The third-order valence-electron chi connectivity index (χ3n) is 3.56. The first kappa shape index (κ1) is 7.76. The summed E-state index contributed by atoms with van der Waals surface area (Å²) >= 11 is 0. The fraction of sp³-hybridized carbons (Fsp3) is 0.889. The van der Waals surface area contributed by atoms with E-state index in [0.29, 0.717) is 13.1 Å². The Morgan fingerprint density at radius 3 is 2.62 bits per heavy atom. The van der Waals surface area contributed by atoms with Crippen LogP contribution in [-0.4, -0.2) is 47.2 Å². The summed E-state index contributed by atoms with van der Waals surface area (Å²) < 4.78 is 0. The topological polar surface area (TPSA) is 52.6 Å². The van der Waals surface area contributed by atoms with Crippen LogP contribution in [-0.2, 0) is 4.79 Å². The number of carbonyl (C=O) groups is 1. The number of fused-ring (bicyclic) bond motifs is 1. The zero-order chi connectivity index (χ0) is 9.05. The van der Waals surface area contributed by atoms with Crippen LogP contribution >= 0.6 is 0 Å². The van der Waals surface area contributed by atoms with Crippen molar-refractivity contribution in [3.63, 3.8) is 0 Å². The highest BCUT2D eigenvalue weighted by Gasteiger charge is 2.57. The summed E-state index contributed by atoms with van der Waals surface area (Å²) in [6, 6.07) is 0. The second kappa shape index (κ2) is 2.25. The predicted octanol–water partition coefficient (Wildman–Crippen LogP) is -1.06. The second-order valence-corrected chi connectivity index (χ2v) is 4.60. The minimum absolute atomic E-state index is 0.214. The molecule has 3 heterocycles. The first-order valence-corrected chi connectivity index (χ1v) is 4.92. The summed E-state index contributed by atoms with van der Waals surface area (Å²) in [5.41, 5.74) is -0.217. The fourth-order valence-electron chi connectivity index (χ4n) is 2.73. The summed E-state index contributed by atoms with van der Waals surface area (Å²) in [5, 5.41) is 12.4. The molecule has 0 spiro atoms. The molecule has 4 aliphatic rings. The number of rotatable bonds is 1. The van der Waals surface area contributed by atoms with Crippen molar-refractivity contribution in [2.24, 2.45) is 5.92 Å². The Bertz CT molecular complexity index is 249. The highest BCUT2D eigenvalue weighted by Crippen LogP contribution is 2.45. The molecule has 1 aliphatic carbocycles. The van der Waals surface area contributed by atoms with Gasteiger partial charge in [-0.1, -0.05) is 0 Å². The van der Waals surface area contributed by atoms with Gasteiger partial charge in [-0.25, -0.2) is 0 Å². The maximum atomic E-state index is 11.9. The number of amides is 1. The number of nitrogens with zero attached hydrogens (tertiary/aromatic N) is 1. The Labute approximate surface area is 76.9 Å². The van der Waals surface area contributed by atoms with Gasteiger partial charge in [-0.3, -0.25) is 4.79 Å². The molecule has 2 N–H and O–H groups in total. The second-order valence-electron chi connectivity index (χ2n) is 4.60. The molecule has 13 heavy (non-hydrogen) atoms. The molecule has 4 rings (SSSR count). The van der Waals surface area contributed by atoms with Crippen LogP contribution in [0.5, 0.6) is 0 Å². The largest absolute Gasteiger partial charge is 0.389 e. The average molecular weight is 182 g/mol. The third kappa shape index (κ3) is 0.901. The molecular formula is C9H14N2O2. The molecule has 72 valence electrons. The number of carbonyl (C=O) groups excluding carboxylic acids is 1. The monoisotopic (exact) mass is 182 g/mol. The first-order chi connectivity index (χ1) is 6.20. The van der Waals surface area contributed by atoms with Gasteiger partial charge in [-0.2, -0.15) is 0 Å². The Morgan fingerprint density at radius 2 is 2.15 bits per heavy atom. The van der Waals surface area contributed by atoms with Gasteiger partial charge in [0.2, 0.25) is 5.91 Å². The SMILES string of the molecule is O=C(N1CC(O)C1)C12CC(CN1)C2. The van der Waals surface area contributed by atoms with Gasteiger partial charge in [0.15, 0.2) is 0 Å². The van der Waals surface area contributed by atoms with Gasteiger partial charge in [-0.05, 0) is 25.3 Å². The van der Waals surface area contributed by atoms with Crippen molar-refractivity contribution < 1.29 is 9.90 Å². The Morgan fingerprint density at radius 1 is 1.46 bits per heavy atom. The van der Waals surface area contributed by atoms with Gasteiger partial charge < -0.3 is 15.3 Å². The standard InChI is InChI=1S/C9H14N2O2/c12-7-4-11(5-7)8(13)9-1-6(2-9)3-10-9/h6-7,10,12H,1-5H2. The summed E-state index contributed by atoms with van der Waals surface area (Å²) in [7, 11) is 0. The third-order valence-corrected chi connectivity index (χ3v) is 3.56. The fourth-order valence-corrected chi connectivity index (χ4v) is 2.73. The molecule has 0 aromatic heterocycles. The lowest BCUT2D eigenvalue weighted by Crippen LogP contribution is -2.64. The highest BCUT2D eigenvalue weighted by atomic mass is 16.3. The number of nitrogens with one attached hydrogen (secondary N) is 1. The number of aliphatic hydroxyl groups excluding tert-OH is 1. The van der Waals surface area contributed by atoms with Crippen LogP contribution in [0.3, 0.4) is 0 Å². The van der Waals surface area contributed by atoms with Crippen molar-refractivity contribution in [3.05, 3.63) is 0 Å². The van der Waals surface area contributed by atoms with Gasteiger partial charge in [0.1, 0.15) is 0 Å². The van der Waals surface area contributed by atoms with Gasteiger partial charge in [0.25, 0.3) is 0 Å². The smallest absolute Gasteiger partial charge is 0.243 e. The number of aliphatic hydroxyl groups is 1. The van der Waals surface area contributed by atoms with E-state index in [2.05, 4.69) is 5.32 Å². The molecule has 3 saturated heterocycles. The van der Waals surface area contributed by atoms with E-state index in [1.54, 1.807) is 4.90 Å². The molecule has 2 bridgehead atoms. The maximum absolute atomic E-state index is 11.9. The average Bonchev–Trinajstić information content (AvgIpc) is 2.54. The van der Waals surface area contributed by atoms with Crippen LogP contribution in [0, 0.1) is 5.92 Å². The minimum atomic E-state index is -0.280. The molecule has 1 saturated carbocycles. The first-order valence-electron chi connectivity index (χ1n) is 4.92. The van der Waals surface area contributed by atoms with Crippen LogP contribution in [0.2, 0.25) is 0 Å². The lowest BCUT2D eigenvalue weighted by atomic mass is 9.72. The van der Waals surface area contributed by atoms with E-state index in [-0.39, 0.29) is 17.6 Å². The van der Waals surface area contributed by atoms with E-state index in [1.807, 2.05) is 0 Å². The van der Waals surface area contributed by atoms with Gasteiger partial charge >= 0.3 is 0 Å². The van der Waals surface area contributed by atoms with Gasteiger partial charge in [-0.15, -0.1) is 0 Å². The normalized spacial score (nSPS) is 42.8. The van der Waals surface area contributed by atoms with Crippen molar-refractivity contribution in [2.75, 3.05) is 19.6 Å². The van der Waals surface area contributed by atoms with Crippen molar-refractivity contribution in [1.82, 2.24) is 10.2 Å². The van der Waals surface area contributed by atoms with Crippen molar-refractivity contribution >= 4 is 5.91 Å². The number of hydrogen-bond donors (Lipinski definition) is 2. The van der Waals surface area contributed by atoms with E-state index in [1.165, 1.54) is 0 Å². The molecule has 4 heteroatoms. The Kier molecular flexibility index (Phi) is 1.34. The molecule has 0 atom stereocenters. The molecule has 1 amide bonds. The summed E-state index contributed by atoms with van der Waals surface area (Å²) in [6.07, 6.45) is 1.74. The van der Waals surface area contributed by atoms with Crippen LogP contribution in [0.25, 0.3) is 0 Å². The molecule has 0 aromatic carbocycles. The number of β-amino-alcohol motifs (C(OH)–C–C–N with tert-alkyl or cyclic N) is 1. The lowest BCUT2D eigenvalue weighted by molar-refractivity contribution is -0.150. The van der Waals surface area contributed by atoms with E-state index in [4.69, 9.17) is 5.11 Å². The molecule has 0 aromatic rings. The maximum Gasteiger partial charge on any atom is 0.243 e. The van der Waals surface area contributed by atoms with Crippen LogP contribution < -0.4 is 5.32 Å². The molecule has 4 nitrogen and oxygen atoms in total. The predicted molar refractivity (Wildman–Crippen MR) is 46.0 cm³/mol. The van der Waals surface area contributed by atoms with Gasteiger partial charge in [0, 0.05) is 13.1 Å². The van der Waals surface area contributed by atoms with Crippen molar-refractivity contribution in [2.45, 2.75) is 24.5 Å². The van der Waals surface area contributed by atoms with Crippen LogP contribution in [0.15, 0.2) is 0 Å². The van der Waals surface area contributed by atoms with Crippen molar-refractivity contribution in [1.29, 1.82) is 0 Å².